The van der Waals surface area contributed by atoms with Crippen LogP contribution in [-0.2, 0) is 9.53 Å². The Morgan fingerprint density at radius 1 is 1.43 bits per heavy atom. The van der Waals surface area contributed by atoms with Crippen molar-refractivity contribution in [2.45, 2.75) is 19.9 Å². The van der Waals surface area contributed by atoms with Crippen molar-refractivity contribution in [3.8, 4) is 6.07 Å². The SMILES string of the molecule is CCOC(=O)C1=C(C)Nc2nccn2C1c1ccc(C#N)cc1. The third-order valence-corrected chi connectivity index (χ3v) is 3.77. The number of imidazole rings is 1. The Morgan fingerprint density at radius 2 is 2.17 bits per heavy atom. The molecule has 116 valence electrons. The third kappa shape index (κ3) is 2.57. The third-order valence-electron chi connectivity index (χ3n) is 3.77. The predicted molar refractivity (Wildman–Crippen MR) is 84.5 cm³/mol. The van der Waals surface area contributed by atoms with Crippen LogP contribution in [0, 0.1) is 11.3 Å². The van der Waals surface area contributed by atoms with Gasteiger partial charge in [0.2, 0.25) is 5.95 Å². The van der Waals surface area contributed by atoms with Gasteiger partial charge in [0.05, 0.1) is 29.9 Å². The summed E-state index contributed by atoms with van der Waals surface area (Å²) in [5, 5.41) is 12.1. The van der Waals surface area contributed by atoms with Crippen LogP contribution < -0.4 is 5.32 Å². The van der Waals surface area contributed by atoms with Crippen LogP contribution in [0.2, 0.25) is 0 Å². The monoisotopic (exact) mass is 308 g/mol. The van der Waals surface area contributed by atoms with Gasteiger partial charge in [-0.25, -0.2) is 9.78 Å². The number of nitrogens with zero attached hydrogens (tertiary/aromatic N) is 3. The molecule has 3 rings (SSSR count). The molecule has 0 spiro atoms. The van der Waals surface area contributed by atoms with Crippen molar-refractivity contribution < 1.29 is 9.53 Å². The molecule has 0 bridgehead atoms. The van der Waals surface area contributed by atoms with Crippen LogP contribution in [0.4, 0.5) is 5.95 Å². The van der Waals surface area contributed by atoms with Crippen molar-refractivity contribution in [2.75, 3.05) is 11.9 Å². The average molecular weight is 308 g/mol. The van der Waals surface area contributed by atoms with E-state index in [1.165, 1.54) is 0 Å². The van der Waals surface area contributed by atoms with Crippen molar-refractivity contribution in [3.63, 3.8) is 0 Å². The molecule has 1 aliphatic heterocycles. The minimum Gasteiger partial charge on any atom is -0.463 e. The highest BCUT2D eigenvalue weighted by molar-refractivity contribution is 5.92. The standard InChI is InChI=1S/C17H16N4O2/c1-3-23-16(22)14-11(2)20-17-19-8-9-21(17)15(14)13-6-4-12(10-18)5-7-13/h4-9,15H,3H2,1-2H3,(H,19,20). The fraction of sp³-hybridized carbons (Fsp3) is 0.235. The molecule has 0 saturated heterocycles. The van der Waals surface area contributed by atoms with Gasteiger partial charge in [0, 0.05) is 18.1 Å². The molecule has 1 aliphatic rings. The summed E-state index contributed by atoms with van der Waals surface area (Å²) in [6, 6.07) is 8.95. The summed E-state index contributed by atoms with van der Waals surface area (Å²) in [6.45, 7) is 3.93. The molecule has 6 heteroatoms. The second-order valence-corrected chi connectivity index (χ2v) is 5.18. The number of carbonyl (C=O) groups excluding carboxylic acids is 1. The van der Waals surface area contributed by atoms with E-state index in [4.69, 9.17) is 10.00 Å². The normalized spacial score (nSPS) is 16.3. The van der Waals surface area contributed by atoms with Crippen molar-refractivity contribution in [2.24, 2.45) is 0 Å². The number of nitriles is 1. The van der Waals surface area contributed by atoms with Gasteiger partial charge >= 0.3 is 5.97 Å². The van der Waals surface area contributed by atoms with Gasteiger partial charge in [0.15, 0.2) is 0 Å². The lowest BCUT2D eigenvalue weighted by atomic mass is 9.94. The number of benzene rings is 1. The topological polar surface area (TPSA) is 79.9 Å². The summed E-state index contributed by atoms with van der Waals surface area (Å²) >= 11 is 0. The van der Waals surface area contributed by atoms with Gasteiger partial charge in [0.25, 0.3) is 0 Å². The molecule has 0 amide bonds. The lowest BCUT2D eigenvalue weighted by Gasteiger charge is -2.29. The van der Waals surface area contributed by atoms with Gasteiger partial charge in [-0.1, -0.05) is 12.1 Å². The van der Waals surface area contributed by atoms with Gasteiger partial charge in [-0.3, -0.25) is 0 Å². The largest absolute Gasteiger partial charge is 0.463 e. The molecule has 1 atom stereocenters. The number of hydrogen-bond acceptors (Lipinski definition) is 5. The van der Waals surface area contributed by atoms with Crippen LogP contribution in [0.3, 0.4) is 0 Å². The summed E-state index contributed by atoms with van der Waals surface area (Å²) in [4.78, 5) is 16.7. The van der Waals surface area contributed by atoms with E-state index in [9.17, 15) is 4.79 Å². The Morgan fingerprint density at radius 3 is 2.83 bits per heavy atom. The number of allylic oxidation sites excluding steroid dienone is 1. The zero-order chi connectivity index (χ0) is 16.4. The fourth-order valence-electron chi connectivity index (χ4n) is 2.74. The Bertz CT molecular complexity index is 812. The van der Waals surface area contributed by atoms with Crippen molar-refractivity contribution in [1.29, 1.82) is 5.26 Å². The fourth-order valence-corrected chi connectivity index (χ4v) is 2.74. The minimum absolute atomic E-state index is 0.312. The minimum atomic E-state index is -0.355. The molecule has 0 fully saturated rings. The van der Waals surface area contributed by atoms with Crippen molar-refractivity contribution >= 4 is 11.9 Å². The van der Waals surface area contributed by atoms with Gasteiger partial charge in [-0.2, -0.15) is 5.26 Å². The molecule has 1 N–H and O–H groups in total. The quantitative estimate of drug-likeness (QED) is 0.882. The first kappa shape index (κ1) is 14.9. The molecule has 1 aromatic carbocycles. The zero-order valence-corrected chi connectivity index (χ0v) is 12.9. The molecule has 2 aromatic rings. The molecule has 1 unspecified atom stereocenters. The number of carbonyl (C=O) groups is 1. The van der Waals surface area contributed by atoms with Crippen molar-refractivity contribution in [1.82, 2.24) is 9.55 Å². The first-order chi connectivity index (χ1) is 11.2. The first-order valence-corrected chi connectivity index (χ1v) is 7.33. The molecular formula is C17H16N4O2. The Kier molecular flexibility index (Phi) is 3.85. The van der Waals surface area contributed by atoms with E-state index in [-0.39, 0.29) is 12.0 Å². The van der Waals surface area contributed by atoms with E-state index in [0.29, 0.717) is 23.7 Å². The van der Waals surface area contributed by atoms with Crippen LogP contribution in [0.15, 0.2) is 47.9 Å². The van der Waals surface area contributed by atoms with Crippen LogP contribution in [-0.4, -0.2) is 22.1 Å². The highest BCUT2D eigenvalue weighted by atomic mass is 16.5. The number of anilines is 1. The van der Waals surface area contributed by atoms with Crippen LogP contribution in [0.5, 0.6) is 0 Å². The van der Waals surface area contributed by atoms with E-state index in [1.807, 2.05) is 29.8 Å². The van der Waals surface area contributed by atoms with E-state index < -0.39 is 0 Å². The maximum absolute atomic E-state index is 12.4. The maximum Gasteiger partial charge on any atom is 0.338 e. The van der Waals surface area contributed by atoms with E-state index in [2.05, 4.69) is 16.4 Å². The summed E-state index contributed by atoms with van der Waals surface area (Å²) in [5.41, 5.74) is 2.73. The number of esters is 1. The molecule has 23 heavy (non-hydrogen) atoms. The Labute approximate surface area is 134 Å². The number of fused-ring (bicyclic) bond motifs is 1. The van der Waals surface area contributed by atoms with E-state index in [0.717, 1.165) is 11.3 Å². The Balaban J connectivity index is 2.12. The number of aromatic nitrogens is 2. The Hall–Kier alpha value is -3.07. The van der Waals surface area contributed by atoms with Gasteiger partial charge in [0.1, 0.15) is 0 Å². The first-order valence-electron chi connectivity index (χ1n) is 7.33. The second-order valence-electron chi connectivity index (χ2n) is 5.18. The van der Waals surface area contributed by atoms with Crippen LogP contribution in [0.1, 0.15) is 31.0 Å². The van der Waals surface area contributed by atoms with Gasteiger partial charge in [-0.15, -0.1) is 0 Å². The van der Waals surface area contributed by atoms with Gasteiger partial charge in [-0.05, 0) is 31.5 Å². The summed E-state index contributed by atoms with van der Waals surface area (Å²) < 4.78 is 7.11. The zero-order valence-electron chi connectivity index (χ0n) is 12.9. The molecule has 0 aliphatic carbocycles. The summed E-state index contributed by atoms with van der Waals surface area (Å²) in [6.07, 6.45) is 3.50. The molecule has 1 aromatic heterocycles. The lowest BCUT2D eigenvalue weighted by molar-refractivity contribution is -0.139. The number of rotatable bonds is 3. The summed E-state index contributed by atoms with van der Waals surface area (Å²) in [7, 11) is 0. The number of hydrogen-bond donors (Lipinski definition) is 1. The molecule has 6 nitrogen and oxygen atoms in total. The van der Waals surface area contributed by atoms with Crippen LogP contribution in [0.25, 0.3) is 0 Å². The highest BCUT2D eigenvalue weighted by Crippen LogP contribution is 2.36. The maximum atomic E-state index is 12.4. The smallest absolute Gasteiger partial charge is 0.338 e. The highest BCUT2D eigenvalue weighted by Gasteiger charge is 2.32. The van der Waals surface area contributed by atoms with Gasteiger partial charge < -0.3 is 14.6 Å². The van der Waals surface area contributed by atoms with E-state index in [1.54, 1.807) is 25.3 Å². The average Bonchev–Trinajstić information content (AvgIpc) is 3.01. The predicted octanol–water partition coefficient (Wildman–Crippen LogP) is 2.61. The number of nitrogens with one attached hydrogen (secondary N) is 1. The molecule has 2 heterocycles. The van der Waals surface area contributed by atoms with E-state index >= 15 is 0 Å². The van der Waals surface area contributed by atoms with Crippen LogP contribution >= 0.6 is 0 Å². The molecular weight excluding hydrogens is 292 g/mol. The lowest BCUT2D eigenvalue weighted by Crippen LogP contribution is -2.28. The van der Waals surface area contributed by atoms with Crippen molar-refractivity contribution in [3.05, 3.63) is 59.1 Å². The molecule has 0 radical (unpaired) electrons. The second kappa shape index (κ2) is 5.97. The number of ether oxygens (including phenoxy) is 1. The summed E-state index contributed by atoms with van der Waals surface area (Å²) in [5.74, 6) is 0.316. The molecule has 0 saturated carbocycles.